The second kappa shape index (κ2) is 6.22. The summed E-state index contributed by atoms with van der Waals surface area (Å²) < 4.78 is 0.515. The summed E-state index contributed by atoms with van der Waals surface area (Å²) in [5, 5.41) is 12.0. The average molecular weight is 338 g/mol. The molecule has 1 amide bonds. The summed E-state index contributed by atoms with van der Waals surface area (Å²) in [5.74, 6) is -1.10. The van der Waals surface area contributed by atoms with E-state index in [2.05, 4.69) is 27.3 Å². The predicted octanol–water partition coefficient (Wildman–Crippen LogP) is 3.75. The summed E-state index contributed by atoms with van der Waals surface area (Å²) in [6, 6.07) is 3.21. The summed E-state index contributed by atoms with van der Waals surface area (Å²) >= 11 is 3.22. The molecule has 1 atom stereocenters. The van der Waals surface area contributed by atoms with Gasteiger partial charge in [-0.3, -0.25) is 4.79 Å². The number of hydrogen-bond donors (Lipinski definition) is 2. The van der Waals surface area contributed by atoms with Crippen LogP contribution in [0.3, 0.4) is 0 Å². The zero-order valence-electron chi connectivity index (χ0n) is 11.1. The van der Waals surface area contributed by atoms with Gasteiger partial charge in [-0.25, -0.2) is 4.79 Å². The van der Waals surface area contributed by atoms with E-state index in [0.717, 1.165) is 24.8 Å². The number of aryl methyl sites for hydroxylation is 1. The van der Waals surface area contributed by atoms with E-state index in [9.17, 15) is 9.59 Å². The van der Waals surface area contributed by atoms with Gasteiger partial charge in [0, 0.05) is 16.1 Å². The third-order valence-electron chi connectivity index (χ3n) is 3.44. The van der Waals surface area contributed by atoms with Crippen LogP contribution >= 0.6 is 15.9 Å². The number of carboxylic acids is 1. The molecule has 2 N–H and O–H groups in total. The van der Waals surface area contributed by atoms with Crippen molar-refractivity contribution in [1.82, 2.24) is 0 Å². The Morgan fingerprint density at radius 3 is 2.70 bits per heavy atom. The van der Waals surface area contributed by atoms with Crippen LogP contribution in [0.15, 0.2) is 28.8 Å². The lowest BCUT2D eigenvalue weighted by Crippen LogP contribution is -2.24. The number of rotatable bonds is 3. The van der Waals surface area contributed by atoms with Gasteiger partial charge >= 0.3 is 5.97 Å². The van der Waals surface area contributed by atoms with Crippen LogP contribution in [-0.2, 0) is 4.79 Å². The second-order valence-corrected chi connectivity index (χ2v) is 5.78. The number of carboxylic acid groups (broad SMARTS) is 1. The van der Waals surface area contributed by atoms with E-state index in [4.69, 9.17) is 5.11 Å². The minimum Gasteiger partial charge on any atom is -0.478 e. The van der Waals surface area contributed by atoms with Gasteiger partial charge in [0.25, 0.3) is 0 Å². The summed E-state index contributed by atoms with van der Waals surface area (Å²) in [6.07, 6.45) is 6.59. The van der Waals surface area contributed by atoms with Gasteiger partial charge in [0.1, 0.15) is 0 Å². The fourth-order valence-electron chi connectivity index (χ4n) is 2.24. The first kappa shape index (κ1) is 14.8. The van der Waals surface area contributed by atoms with Gasteiger partial charge in [0.15, 0.2) is 0 Å². The largest absolute Gasteiger partial charge is 0.478 e. The van der Waals surface area contributed by atoms with Gasteiger partial charge in [0.2, 0.25) is 5.91 Å². The number of aromatic carboxylic acids is 1. The fourth-order valence-corrected chi connectivity index (χ4v) is 2.87. The van der Waals surface area contributed by atoms with Crippen molar-refractivity contribution in [3.8, 4) is 0 Å². The molecule has 1 aromatic carbocycles. The summed E-state index contributed by atoms with van der Waals surface area (Å²) in [6.45, 7) is 1.84. The third kappa shape index (κ3) is 3.28. The molecule has 106 valence electrons. The maximum absolute atomic E-state index is 12.2. The molecule has 4 nitrogen and oxygen atoms in total. The van der Waals surface area contributed by atoms with Crippen LogP contribution in [0.4, 0.5) is 5.69 Å². The lowest BCUT2D eigenvalue weighted by Gasteiger charge is -2.18. The number of carbonyl (C=O) groups excluding carboxylic acids is 1. The molecule has 0 unspecified atom stereocenters. The van der Waals surface area contributed by atoms with Crippen LogP contribution in [-0.4, -0.2) is 17.0 Å². The summed E-state index contributed by atoms with van der Waals surface area (Å²) in [4.78, 5) is 23.3. The zero-order chi connectivity index (χ0) is 14.7. The Labute approximate surface area is 126 Å². The monoisotopic (exact) mass is 337 g/mol. The number of amides is 1. The Kier molecular flexibility index (Phi) is 4.60. The van der Waals surface area contributed by atoms with Gasteiger partial charge < -0.3 is 10.4 Å². The van der Waals surface area contributed by atoms with E-state index in [1.54, 1.807) is 6.07 Å². The molecule has 5 heteroatoms. The van der Waals surface area contributed by atoms with Crippen molar-refractivity contribution in [3.05, 3.63) is 39.9 Å². The van der Waals surface area contributed by atoms with E-state index in [0.29, 0.717) is 10.2 Å². The first-order chi connectivity index (χ1) is 9.49. The quantitative estimate of drug-likeness (QED) is 0.825. The highest BCUT2D eigenvalue weighted by Gasteiger charge is 2.20. The molecule has 0 saturated heterocycles. The molecule has 0 saturated carbocycles. The van der Waals surface area contributed by atoms with Crippen molar-refractivity contribution in [1.29, 1.82) is 0 Å². The molecule has 0 aromatic heterocycles. The van der Waals surface area contributed by atoms with Crippen molar-refractivity contribution in [2.45, 2.75) is 26.2 Å². The highest BCUT2D eigenvalue weighted by atomic mass is 79.9. The van der Waals surface area contributed by atoms with Crippen LogP contribution in [0.5, 0.6) is 0 Å². The maximum Gasteiger partial charge on any atom is 0.336 e. The molecule has 0 aliphatic heterocycles. The van der Waals surface area contributed by atoms with Gasteiger partial charge in [-0.15, -0.1) is 0 Å². The molecule has 0 heterocycles. The second-order valence-electron chi connectivity index (χ2n) is 4.92. The number of allylic oxidation sites excluding steroid dienone is 2. The average Bonchev–Trinajstić information content (AvgIpc) is 2.42. The molecule has 0 fully saturated rings. The molecular weight excluding hydrogens is 322 g/mol. The van der Waals surface area contributed by atoms with E-state index in [1.807, 2.05) is 13.0 Å². The zero-order valence-corrected chi connectivity index (χ0v) is 12.7. The Balaban J connectivity index is 2.20. The van der Waals surface area contributed by atoms with Gasteiger partial charge in [-0.1, -0.05) is 12.2 Å². The molecule has 0 spiro atoms. The van der Waals surface area contributed by atoms with E-state index >= 15 is 0 Å². The standard InChI is InChI=1S/C15H16BrNO3/c1-9-7-12(16)11(15(19)20)8-13(9)17-14(18)10-5-3-2-4-6-10/h2-3,7-8,10H,4-6H2,1H3,(H,17,18)(H,19,20)/t10-/m1/s1. The Hall–Kier alpha value is -1.62. The number of hydrogen-bond acceptors (Lipinski definition) is 2. The van der Waals surface area contributed by atoms with Crippen molar-refractivity contribution in [3.63, 3.8) is 0 Å². The molecule has 0 bridgehead atoms. The van der Waals surface area contributed by atoms with Gasteiger partial charge in [0.05, 0.1) is 5.56 Å². The minimum atomic E-state index is -1.02. The molecule has 0 radical (unpaired) electrons. The molecular formula is C15H16BrNO3. The van der Waals surface area contributed by atoms with Gasteiger partial charge in [-0.2, -0.15) is 0 Å². The predicted molar refractivity (Wildman–Crippen MR) is 80.9 cm³/mol. The topological polar surface area (TPSA) is 66.4 Å². The highest BCUT2D eigenvalue weighted by Crippen LogP contribution is 2.27. The van der Waals surface area contributed by atoms with E-state index in [1.165, 1.54) is 6.07 Å². The maximum atomic E-state index is 12.2. The fraction of sp³-hybridized carbons (Fsp3) is 0.333. The molecule has 1 aliphatic rings. The van der Waals surface area contributed by atoms with Crippen LogP contribution in [0.1, 0.15) is 35.2 Å². The van der Waals surface area contributed by atoms with Crippen molar-refractivity contribution in [2.24, 2.45) is 5.92 Å². The molecule has 1 aromatic rings. The molecule has 1 aliphatic carbocycles. The number of nitrogens with one attached hydrogen (secondary N) is 1. The highest BCUT2D eigenvalue weighted by molar-refractivity contribution is 9.10. The number of anilines is 1. The smallest absolute Gasteiger partial charge is 0.336 e. The normalized spacial score (nSPS) is 17.8. The van der Waals surface area contributed by atoms with Gasteiger partial charge in [-0.05, 0) is 59.8 Å². The Morgan fingerprint density at radius 1 is 1.35 bits per heavy atom. The van der Waals surface area contributed by atoms with Crippen molar-refractivity contribution >= 4 is 33.5 Å². The van der Waals surface area contributed by atoms with E-state index in [-0.39, 0.29) is 17.4 Å². The first-order valence-electron chi connectivity index (χ1n) is 6.48. The van der Waals surface area contributed by atoms with Crippen LogP contribution in [0.2, 0.25) is 0 Å². The number of benzene rings is 1. The number of carbonyl (C=O) groups is 2. The van der Waals surface area contributed by atoms with Crippen molar-refractivity contribution in [2.75, 3.05) is 5.32 Å². The third-order valence-corrected chi connectivity index (χ3v) is 4.10. The van der Waals surface area contributed by atoms with Crippen LogP contribution < -0.4 is 5.32 Å². The molecule has 2 rings (SSSR count). The Bertz CT molecular complexity index is 581. The van der Waals surface area contributed by atoms with Crippen LogP contribution in [0.25, 0.3) is 0 Å². The summed E-state index contributed by atoms with van der Waals surface area (Å²) in [5.41, 5.74) is 1.54. The molecule has 20 heavy (non-hydrogen) atoms. The first-order valence-corrected chi connectivity index (χ1v) is 7.27. The lowest BCUT2D eigenvalue weighted by atomic mass is 9.93. The van der Waals surface area contributed by atoms with Crippen LogP contribution in [0, 0.1) is 12.8 Å². The Morgan fingerprint density at radius 2 is 2.10 bits per heavy atom. The summed E-state index contributed by atoms with van der Waals surface area (Å²) in [7, 11) is 0. The number of halogens is 1. The van der Waals surface area contributed by atoms with E-state index < -0.39 is 5.97 Å². The lowest BCUT2D eigenvalue weighted by molar-refractivity contribution is -0.120. The van der Waals surface area contributed by atoms with Crippen molar-refractivity contribution < 1.29 is 14.7 Å². The minimum absolute atomic E-state index is 0.0312. The SMILES string of the molecule is Cc1cc(Br)c(C(=O)O)cc1NC(=O)[C@@H]1CC=CCC1.